The molecule has 1 amide bonds. The van der Waals surface area contributed by atoms with Crippen LogP contribution in [0.2, 0.25) is 0 Å². The van der Waals surface area contributed by atoms with Gasteiger partial charge in [-0.05, 0) is 0 Å². The van der Waals surface area contributed by atoms with Crippen LogP contribution in [0.1, 0.15) is 0 Å². The van der Waals surface area contributed by atoms with Crippen molar-refractivity contribution in [2.75, 3.05) is 13.1 Å². The smallest absolute Gasteiger partial charge is 0.407 e. The Bertz CT molecular complexity index is 178. The molecule has 0 aliphatic rings. The highest BCUT2D eigenvalue weighted by Gasteiger charge is 2.25. The van der Waals surface area contributed by atoms with Gasteiger partial charge in [-0.3, -0.25) is 0 Å². The van der Waals surface area contributed by atoms with Crippen LogP contribution in [0.25, 0.3) is 0 Å². The normalized spacial score (nSPS) is 10.9. The maximum Gasteiger partial charge on any atom is 0.407 e. The number of amides is 1. The molecule has 6 heteroatoms. The number of rotatable bonds is 3. The summed E-state index contributed by atoms with van der Waals surface area (Å²) in [6.45, 7) is 3.35. The summed E-state index contributed by atoms with van der Waals surface area (Å²) >= 11 is 16.2. The molecular weight excluding hydrogens is 224 g/mol. The maximum absolute atomic E-state index is 10.5. The average molecular weight is 232 g/mol. The van der Waals surface area contributed by atoms with Crippen molar-refractivity contribution >= 4 is 40.9 Å². The summed E-state index contributed by atoms with van der Waals surface area (Å²) in [7, 11) is 0. The van der Waals surface area contributed by atoms with Gasteiger partial charge in [-0.1, -0.05) is 40.9 Å². The molecule has 0 rings (SSSR count). The molecule has 0 saturated heterocycles. The number of hydrogen-bond acceptors (Lipinski definition) is 1. The monoisotopic (exact) mass is 231 g/mol. The molecule has 70 valence electrons. The summed E-state index contributed by atoms with van der Waals surface area (Å²) in [5.74, 6) is 0. The van der Waals surface area contributed by atoms with E-state index in [0.29, 0.717) is 0 Å². The second kappa shape index (κ2) is 4.80. The van der Waals surface area contributed by atoms with E-state index in [2.05, 4.69) is 6.58 Å². The first-order chi connectivity index (χ1) is 5.37. The van der Waals surface area contributed by atoms with Crippen molar-refractivity contribution in [1.29, 1.82) is 0 Å². The van der Waals surface area contributed by atoms with Crippen molar-refractivity contribution in [1.82, 2.24) is 4.90 Å². The van der Waals surface area contributed by atoms with Crippen molar-refractivity contribution in [3.63, 3.8) is 0 Å². The Hall–Kier alpha value is -0.120. The summed E-state index contributed by atoms with van der Waals surface area (Å²) in [5, 5.41) is 8.57. The van der Waals surface area contributed by atoms with E-state index in [1.165, 1.54) is 6.08 Å². The molecule has 0 radical (unpaired) electrons. The molecule has 12 heavy (non-hydrogen) atoms. The SMILES string of the molecule is C=CCN(CC(Cl)(Cl)Cl)C(=O)O. The molecule has 0 aliphatic heterocycles. The zero-order valence-corrected chi connectivity index (χ0v) is 8.40. The van der Waals surface area contributed by atoms with E-state index < -0.39 is 9.89 Å². The van der Waals surface area contributed by atoms with Crippen LogP contribution in [0, 0.1) is 0 Å². The van der Waals surface area contributed by atoms with E-state index in [0.717, 1.165) is 4.90 Å². The predicted octanol–water partition coefficient (Wildman–Crippen LogP) is 2.52. The van der Waals surface area contributed by atoms with Crippen LogP contribution in [0.3, 0.4) is 0 Å². The minimum Gasteiger partial charge on any atom is -0.465 e. The highest BCUT2D eigenvalue weighted by Crippen LogP contribution is 2.26. The summed E-state index contributed by atoms with van der Waals surface area (Å²) in [6, 6.07) is 0. The lowest BCUT2D eigenvalue weighted by Crippen LogP contribution is -2.36. The van der Waals surface area contributed by atoms with Gasteiger partial charge in [-0.15, -0.1) is 6.58 Å². The van der Waals surface area contributed by atoms with Gasteiger partial charge in [-0.2, -0.15) is 0 Å². The van der Waals surface area contributed by atoms with Gasteiger partial charge in [0.1, 0.15) is 0 Å². The van der Waals surface area contributed by atoms with Crippen LogP contribution in [0.4, 0.5) is 4.79 Å². The Kier molecular flexibility index (Phi) is 4.75. The third-order valence-electron chi connectivity index (χ3n) is 0.990. The zero-order chi connectivity index (χ0) is 9.78. The summed E-state index contributed by atoms with van der Waals surface area (Å²) in [6.07, 6.45) is 0.283. The number of halogens is 3. The first-order valence-corrected chi connectivity index (χ1v) is 4.15. The third-order valence-corrected chi connectivity index (χ3v) is 1.35. The van der Waals surface area contributed by atoms with Crippen LogP contribution in [0.5, 0.6) is 0 Å². The largest absolute Gasteiger partial charge is 0.465 e. The van der Waals surface area contributed by atoms with Gasteiger partial charge in [0, 0.05) is 6.54 Å². The second-order valence-electron chi connectivity index (χ2n) is 2.07. The van der Waals surface area contributed by atoms with E-state index in [1.54, 1.807) is 0 Å². The number of nitrogens with zero attached hydrogens (tertiary/aromatic N) is 1. The van der Waals surface area contributed by atoms with Crippen LogP contribution in [-0.2, 0) is 0 Å². The van der Waals surface area contributed by atoms with Gasteiger partial charge in [0.25, 0.3) is 0 Å². The first-order valence-electron chi connectivity index (χ1n) is 3.02. The molecule has 0 spiro atoms. The minimum atomic E-state index is -1.58. The van der Waals surface area contributed by atoms with E-state index in [-0.39, 0.29) is 13.1 Å². The summed E-state index contributed by atoms with van der Waals surface area (Å²) in [4.78, 5) is 11.4. The highest BCUT2D eigenvalue weighted by atomic mass is 35.6. The lowest BCUT2D eigenvalue weighted by Gasteiger charge is -2.21. The standard InChI is InChI=1S/C6H8Cl3NO2/c1-2-3-10(5(11)12)4-6(7,8)9/h2H,1,3-4H2,(H,11,12). The van der Waals surface area contributed by atoms with Crippen molar-refractivity contribution < 1.29 is 9.90 Å². The first kappa shape index (κ1) is 11.9. The van der Waals surface area contributed by atoms with Crippen LogP contribution in [-0.4, -0.2) is 33.0 Å². The van der Waals surface area contributed by atoms with Crippen molar-refractivity contribution in [2.45, 2.75) is 3.79 Å². The number of hydrogen-bond donors (Lipinski definition) is 1. The van der Waals surface area contributed by atoms with Gasteiger partial charge >= 0.3 is 6.09 Å². The molecule has 0 fully saturated rings. The van der Waals surface area contributed by atoms with Crippen LogP contribution < -0.4 is 0 Å². The van der Waals surface area contributed by atoms with Crippen LogP contribution >= 0.6 is 34.8 Å². The molecule has 0 bridgehead atoms. The molecule has 0 unspecified atom stereocenters. The zero-order valence-electron chi connectivity index (χ0n) is 6.14. The Labute approximate surface area is 85.5 Å². The second-order valence-corrected chi connectivity index (χ2v) is 4.58. The Morgan fingerprint density at radius 1 is 1.58 bits per heavy atom. The van der Waals surface area contributed by atoms with E-state index in [4.69, 9.17) is 39.9 Å². The number of carbonyl (C=O) groups is 1. The van der Waals surface area contributed by atoms with Crippen LogP contribution in [0.15, 0.2) is 12.7 Å². The fourth-order valence-corrected chi connectivity index (χ4v) is 1.02. The van der Waals surface area contributed by atoms with Gasteiger partial charge in [0.05, 0.1) is 6.54 Å². The summed E-state index contributed by atoms with van der Waals surface area (Å²) < 4.78 is -1.58. The molecule has 0 saturated carbocycles. The average Bonchev–Trinajstić information content (AvgIpc) is 1.83. The molecule has 0 aliphatic carbocycles. The van der Waals surface area contributed by atoms with Crippen molar-refractivity contribution in [2.24, 2.45) is 0 Å². The molecule has 0 atom stereocenters. The topological polar surface area (TPSA) is 40.5 Å². The Morgan fingerprint density at radius 3 is 2.33 bits per heavy atom. The number of carboxylic acid groups (broad SMARTS) is 1. The molecule has 1 N–H and O–H groups in total. The van der Waals surface area contributed by atoms with E-state index in [1.807, 2.05) is 0 Å². The van der Waals surface area contributed by atoms with Gasteiger partial charge in [0.2, 0.25) is 3.79 Å². The fourth-order valence-electron chi connectivity index (χ4n) is 0.583. The summed E-state index contributed by atoms with van der Waals surface area (Å²) in [5.41, 5.74) is 0. The molecule has 0 aromatic heterocycles. The van der Waals surface area contributed by atoms with Gasteiger partial charge in [0.15, 0.2) is 0 Å². The van der Waals surface area contributed by atoms with E-state index in [9.17, 15) is 4.79 Å². The Morgan fingerprint density at radius 2 is 2.08 bits per heavy atom. The Balaban J connectivity index is 4.13. The molecule has 0 aromatic carbocycles. The van der Waals surface area contributed by atoms with Gasteiger partial charge in [-0.25, -0.2) is 4.79 Å². The molecule has 0 aromatic rings. The molecular formula is C6H8Cl3NO2. The van der Waals surface area contributed by atoms with Gasteiger partial charge < -0.3 is 10.0 Å². The van der Waals surface area contributed by atoms with Crippen molar-refractivity contribution in [3.05, 3.63) is 12.7 Å². The van der Waals surface area contributed by atoms with E-state index >= 15 is 0 Å². The highest BCUT2D eigenvalue weighted by molar-refractivity contribution is 6.67. The fraction of sp³-hybridized carbons (Fsp3) is 0.500. The lowest BCUT2D eigenvalue weighted by molar-refractivity contribution is 0.151. The maximum atomic E-state index is 10.5. The van der Waals surface area contributed by atoms with Crippen molar-refractivity contribution in [3.8, 4) is 0 Å². The quantitative estimate of drug-likeness (QED) is 0.600. The third kappa shape index (κ3) is 5.52. The lowest BCUT2D eigenvalue weighted by atomic mass is 10.5. The number of alkyl halides is 3. The predicted molar refractivity (Wildman–Crippen MR) is 50.1 cm³/mol. The minimum absolute atomic E-state index is 0.142. The molecule has 3 nitrogen and oxygen atoms in total. The molecule has 0 heterocycles.